The van der Waals surface area contributed by atoms with Crippen LogP contribution in [0.15, 0.2) is 30.9 Å². The summed E-state index contributed by atoms with van der Waals surface area (Å²) in [6, 6.07) is 2.21. The molecule has 3 heterocycles. The lowest BCUT2D eigenvalue weighted by atomic mass is 10.1. The molecule has 0 radical (unpaired) electrons. The molecule has 1 aliphatic heterocycles. The number of nitrogens with zero attached hydrogens (tertiary/aromatic N) is 5. The van der Waals surface area contributed by atoms with Gasteiger partial charge in [0.25, 0.3) is 0 Å². The van der Waals surface area contributed by atoms with Crippen molar-refractivity contribution in [3.8, 4) is 0 Å². The molecule has 1 aliphatic rings. The van der Waals surface area contributed by atoms with Gasteiger partial charge in [0.2, 0.25) is 5.95 Å². The van der Waals surface area contributed by atoms with Crippen LogP contribution in [0.1, 0.15) is 12.8 Å². The van der Waals surface area contributed by atoms with Crippen molar-refractivity contribution in [2.45, 2.75) is 18.9 Å². The van der Waals surface area contributed by atoms with Gasteiger partial charge in [-0.2, -0.15) is 5.10 Å². The van der Waals surface area contributed by atoms with Crippen LogP contribution in [0.5, 0.6) is 0 Å². The maximum absolute atomic E-state index is 4.23. The average Bonchev–Trinajstić information content (AvgIpc) is 2.87. The molecule has 0 saturated carbocycles. The SMILES string of the molecule is Cn1cc(N2CCCC(Nc3ncccn3)C2)cn1. The van der Waals surface area contributed by atoms with E-state index in [0.29, 0.717) is 12.0 Å². The van der Waals surface area contributed by atoms with Crippen LogP contribution in [0, 0.1) is 0 Å². The number of nitrogens with one attached hydrogen (secondary N) is 1. The molecule has 1 N–H and O–H groups in total. The topological polar surface area (TPSA) is 58.9 Å². The van der Waals surface area contributed by atoms with Crippen LogP contribution in [0.25, 0.3) is 0 Å². The van der Waals surface area contributed by atoms with E-state index in [1.165, 1.54) is 12.1 Å². The number of hydrogen-bond donors (Lipinski definition) is 1. The molecule has 2 aromatic rings. The summed E-state index contributed by atoms with van der Waals surface area (Å²) < 4.78 is 1.84. The third kappa shape index (κ3) is 2.83. The van der Waals surface area contributed by atoms with Crippen molar-refractivity contribution < 1.29 is 0 Å². The minimum absolute atomic E-state index is 0.386. The Morgan fingerprint density at radius 3 is 2.89 bits per heavy atom. The molecule has 1 atom stereocenters. The molecule has 0 aliphatic carbocycles. The summed E-state index contributed by atoms with van der Waals surface area (Å²) >= 11 is 0. The number of piperidine rings is 1. The van der Waals surface area contributed by atoms with Gasteiger partial charge in [0.15, 0.2) is 0 Å². The van der Waals surface area contributed by atoms with E-state index in [1.54, 1.807) is 12.4 Å². The van der Waals surface area contributed by atoms with E-state index in [-0.39, 0.29) is 0 Å². The van der Waals surface area contributed by atoms with Crippen molar-refractivity contribution in [1.29, 1.82) is 0 Å². The largest absolute Gasteiger partial charge is 0.367 e. The Hall–Kier alpha value is -2.11. The van der Waals surface area contributed by atoms with Gasteiger partial charge in [-0.3, -0.25) is 4.68 Å². The highest BCUT2D eigenvalue weighted by Gasteiger charge is 2.21. The molecule has 2 aromatic heterocycles. The van der Waals surface area contributed by atoms with Gasteiger partial charge >= 0.3 is 0 Å². The van der Waals surface area contributed by atoms with Crippen molar-refractivity contribution in [1.82, 2.24) is 19.7 Å². The Morgan fingerprint density at radius 2 is 2.16 bits per heavy atom. The molecule has 0 aromatic carbocycles. The van der Waals surface area contributed by atoms with Crippen LogP contribution in [-0.4, -0.2) is 38.9 Å². The van der Waals surface area contributed by atoms with Crippen LogP contribution in [-0.2, 0) is 7.05 Å². The zero-order valence-corrected chi connectivity index (χ0v) is 11.0. The Morgan fingerprint density at radius 1 is 1.32 bits per heavy atom. The molecule has 1 unspecified atom stereocenters. The molecular formula is C13H18N6. The van der Waals surface area contributed by atoms with Crippen molar-refractivity contribution in [2.24, 2.45) is 7.05 Å². The lowest BCUT2D eigenvalue weighted by molar-refractivity contribution is 0.527. The lowest BCUT2D eigenvalue weighted by Crippen LogP contribution is -2.42. The van der Waals surface area contributed by atoms with Crippen molar-refractivity contribution in [3.05, 3.63) is 30.9 Å². The van der Waals surface area contributed by atoms with Gasteiger partial charge in [-0.05, 0) is 18.9 Å². The second kappa shape index (κ2) is 5.26. The minimum Gasteiger partial charge on any atom is -0.367 e. The average molecular weight is 258 g/mol. The van der Waals surface area contributed by atoms with Gasteiger partial charge in [-0.15, -0.1) is 0 Å². The number of anilines is 2. The molecule has 0 amide bonds. The van der Waals surface area contributed by atoms with Crippen molar-refractivity contribution in [3.63, 3.8) is 0 Å². The number of aromatic nitrogens is 4. The number of hydrogen-bond acceptors (Lipinski definition) is 5. The summed E-state index contributed by atoms with van der Waals surface area (Å²) in [6.07, 6.45) is 9.81. The first-order chi connectivity index (χ1) is 9.31. The van der Waals surface area contributed by atoms with Crippen molar-refractivity contribution in [2.75, 3.05) is 23.3 Å². The van der Waals surface area contributed by atoms with E-state index in [9.17, 15) is 0 Å². The zero-order chi connectivity index (χ0) is 13.1. The molecule has 0 spiro atoms. The highest BCUT2D eigenvalue weighted by Crippen LogP contribution is 2.20. The fraction of sp³-hybridized carbons (Fsp3) is 0.462. The third-order valence-corrected chi connectivity index (χ3v) is 3.38. The maximum Gasteiger partial charge on any atom is 0.222 e. The molecule has 3 rings (SSSR count). The Balaban J connectivity index is 1.65. The van der Waals surface area contributed by atoms with Gasteiger partial charge in [0, 0.05) is 44.8 Å². The summed E-state index contributed by atoms with van der Waals surface area (Å²) in [6.45, 7) is 2.05. The molecule has 1 saturated heterocycles. The molecular weight excluding hydrogens is 240 g/mol. The first kappa shape index (κ1) is 12.0. The standard InChI is InChI=1S/C13H18N6/c1-18-10-12(8-16-18)19-7-2-4-11(9-19)17-13-14-5-3-6-15-13/h3,5-6,8,10-11H,2,4,7,9H2,1H3,(H,14,15,17). The zero-order valence-electron chi connectivity index (χ0n) is 11.0. The smallest absolute Gasteiger partial charge is 0.222 e. The quantitative estimate of drug-likeness (QED) is 0.899. The van der Waals surface area contributed by atoms with Gasteiger partial charge in [-0.1, -0.05) is 0 Å². The molecule has 6 heteroatoms. The van der Waals surface area contributed by atoms with Crippen molar-refractivity contribution >= 4 is 11.6 Å². The predicted molar refractivity (Wildman–Crippen MR) is 74.1 cm³/mol. The van der Waals surface area contributed by atoms with Gasteiger partial charge < -0.3 is 10.2 Å². The predicted octanol–water partition coefficient (Wildman–Crippen LogP) is 1.29. The van der Waals surface area contributed by atoms with E-state index in [2.05, 4.69) is 31.5 Å². The van der Waals surface area contributed by atoms with E-state index < -0.39 is 0 Å². The van der Waals surface area contributed by atoms with E-state index in [1.807, 2.05) is 24.0 Å². The van der Waals surface area contributed by atoms with Crippen LogP contribution in [0.2, 0.25) is 0 Å². The van der Waals surface area contributed by atoms with E-state index in [4.69, 9.17) is 0 Å². The second-order valence-electron chi connectivity index (χ2n) is 4.87. The van der Waals surface area contributed by atoms with Crippen LogP contribution in [0.4, 0.5) is 11.6 Å². The highest BCUT2D eigenvalue weighted by atomic mass is 15.3. The van der Waals surface area contributed by atoms with Gasteiger partial charge in [0.1, 0.15) is 0 Å². The highest BCUT2D eigenvalue weighted by molar-refractivity contribution is 5.43. The van der Waals surface area contributed by atoms with Crippen LogP contribution < -0.4 is 10.2 Å². The third-order valence-electron chi connectivity index (χ3n) is 3.38. The van der Waals surface area contributed by atoms with Gasteiger partial charge in [-0.25, -0.2) is 9.97 Å². The fourth-order valence-electron chi connectivity index (χ4n) is 2.46. The van der Waals surface area contributed by atoms with E-state index >= 15 is 0 Å². The Labute approximate surface area is 112 Å². The monoisotopic (exact) mass is 258 g/mol. The normalized spacial score (nSPS) is 19.4. The number of rotatable bonds is 3. The summed E-state index contributed by atoms with van der Waals surface area (Å²) in [5.41, 5.74) is 1.18. The number of aryl methyl sites for hydroxylation is 1. The molecule has 19 heavy (non-hydrogen) atoms. The summed E-state index contributed by atoms with van der Waals surface area (Å²) in [4.78, 5) is 10.8. The van der Waals surface area contributed by atoms with Crippen LogP contribution in [0.3, 0.4) is 0 Å². The molecule has 0 bridgehead atoms. The fourth-order valence-corrected chi connectivity index (χ4v) is 2.46. The first-order valence-electron chi connectivity index (χ1n) is 6.58. The second-order valence-corrected chi connectivity index (χ2v) is 4.87. The van der Waals surface area contributed by atoms with Gasteiger partial charge in [0.05, 0.1) is 11.9 Å². The summed E-state index contributed by atoms with van der Waals surface area (Å²) in [5.74, 6) is 0.709. The van der Waals surface area contributed by atoms with Crippen LogP contribution >= 0.6 is 0 Å². The van der Waals surface area contributed by atoms with E-state index in [0.717, 1.165) is 19.5 Å². The molecule has 1 fully saturated rings. The summed E-state index contributed by atoms with van der Waals surface area (Å²) in [7, 11) is 1.95. The maximum atomic E-state index is 4.23. The summed E-state index contributed by atoms with van der Waals surface area (Å²) in [5, 5.41) is 7.63. The lowest BCUT2D eigenvalue weighted by Gasteiger charge is -2.33. The Bertz CT molecular complexity index is 523. The minimum atomic E-state index is 0.386. The Kier molecular flexibility index (Phi) is 3.31. The molecule has 6 nitrogen and oxygen atoms in total. The first-order valence-corrected chi connectivity index (χ1v) is 6.58. The molecule has 100 valence electrons.